The molecule has 31 heavy (non-hydrogen) atoms. The number of rotatable bonds is 4. The molecule has 2 aromatic carbocycles. The topological polar surface area (TPSA) is 32.3 Å². The van der Waals surface area contributed by atoms with Crippen molar-refractivity contribution in [2.24, 2.45) is 5.92 Å². The first-order chi connectivity index (χ1) is 14.6. The van der Waals surface area contributed by atoms with Crippen molar-refractivity contribution in [1.29, 1.82) is 0 Å². The van der Waals surface area contributed by atoms with Crippen molar-refractivity contribution in [2.75, 3.05) is 13.6 Å². The number of fused-ring (bicyclic) bond motifs is 3. The average Bonchev–Trinajstić information content (AvgIpc) is 2.72. The zero-order valence-corrected chi connectivity index (χ0v) is 17.7. The van der Waals surface area contributed by atoms with Crippen molar-refractivity contribution >= 4 is 17.5 Å². The van der Waals surface area contributed by atoms with Crippen LogP contribution >= 0.6 is 11.6 Å². The molecule has 1 unspecified atom stereocenters. The van der Waals surface area contributed by atoms with Crippen LogP contribution in [0.4, 0.5) is 17.6 Å². The van der Waals surface area contributed by atoms with Crippen LogP contribution in [0.5, 0.6) is 0 Å². The van der Waals surface area contributed by atoms with E-state index in [-0.39, 0.29) is 5.56 Å². The van der Waals surface area contributed by atoms with Gasteiger partial charge in [0.05, 0.1) is 22.2 Å². The molecule has 2 saturated heterocycles. The van der Waals surface area contributed by atoms with E-state index in [0.717, 1.165) is 44.4 Å². The number of likely N-dealkylation sites (N-methyl/N-ethyl adjacent to an activating group) is 1. The normalized spacial score (nSPS) is 24.8. The standard InChI is InChI=1S/C23H23ClF4N2O/c1-30-13-14-8-10-22(30,11-9-14)20(15-4-2-5-16(25)12-15)29-21(31)17-6-3-7-18(19(17)24)23(26,27)28/h2-7,12,14,20H,8-11,13H2,1H3,(H,29,31). The first-order valence-corrected chi connectivity index (χ1v) is 10.6. The zero-order chi connectivity index (χ0) is 22.4. The molecule has 5 rings (SSSR count). The van der Waals surface area contributed by atoms with E-state index in [9.17, 15) is 22.4 Å². The van der Waals surface area contributed by atoms with Gasteiger partial charge in [0.1, 0.15) is 5.82 Å². The van der Waals surface area contributed by atoms with Gasteiger partial charge in [0.15, 0.2) is 0 Å². The van der Waals surface area contributed by atoms with Gasteiger partial charge >= 0.3 is 6.18 Å². The van der Waals surface area contributed by atoms with Crippen LogP contribution in [-0.4, -0.2) is 29.9 Å². The molecule has 8 heteroatoms. The van der Waals surface area contributed by atoms with Crippen LogP contribution in [0.1, 0.15) is 53.2 Å². The van der Waals surface area contributed by atoms with Gasteiger partial charge < -0.3 is 5.32 Å². The first-order valence-electron chi connectivity index (χ1n) is 10.2. The van der Waals surface area contributed by atoms with Crippen LogP contribution in [-0.2, 0) is 6.18 Å². The summed E-state index contributed by atoms with van der Waals surface area (Å²) < 4.78 is 53.9. The molecule has 0 spiro atoms. The molecular weight excluding hydrogens is 432 g/mol. The summed E-state index contributed by atoms with van der Waals surface area (Å²) in [5.74, 6) is -0.549. The Balaban J connectivity index is 1.73. The van der Waals surface area contributed by atoms with E-state index in [4.69, 9.17) is 11.6 Å². The van der Waals surface area contributed by atoms with Gasteiger partial charge in [-0.3, -0.25) is 9.69 Å². The average molecular weight is 455 g/mol. The number of carbonyl (C=O) groups is 1. The summed E-state index contributed by atoms with van der Waals surface area (Å²) in [5.41, 5.74) is -1.16. The van der Waals surface area contributed by atoms with E-state index in [1.54, 1.807) is 12.1 Å². The summed E-state index contributed by atoms with van der Waals surface area (Å²) in [6.45, 7) is 0.867. The lowest BCUT2D eigenvalue weighted by Crippen LogP contribution is -2.62. The van der Waals surface area contributed by atoms with Gasteiger partial charge in [0.2, 0.25) is 0 Å². The van der Waals surface area contributed by atoms with E-state index in [2.05, 4.69) is 10.2 Å². The molecule has 2 heterocycles. The summed E-state index contributed by atoms with van der Waals surface area (Å²) in [6, 6.07) is 8.71. The number of benzene rings is 2. The van der Waals surface area contributed by atoms with Crippen LogP contribution in [0.25, 0.3) is 0 Å². The number of piperidine rings is 2. The quantitative estimate of drug-likeness (QED) is 0.588. The molecule has 1 saturated carbocycles. The number of amides is 1. The minimum atomic E-state index is -4.67. The molecule has 3 nitrogen and oxygen atoms in total. The molecule has 2 aromatic rings. The lowest BCUT2D eigenvalue weighted by atomic mass is 9.65. The first kappa shape index (κ1) is 22.1. The number of nitrogens with zero attached hydrogens (tertiary/aromatic N) is 1. The highest BCUT2D eigenvalue weighted by Crippen LogP contribution is 2.49. The molecule has 0 aromatic heterocycles. The maximum Gasteiger partial charge on any atom is 0.417 e. The fourth-order valence-electron chi connectivity index (χ4n) is 5.17. The smallest absolute Gasteiger partial charge is 0.343 e. The van der Waals surface area contributed by atoms with Crippen LogP contribution < -0.4 is 5.32 Å². The van der Waals surface area contributed by atoms with Gasteiger partial charge in [0, 0.05) is 12.1 Å². The molecule has 1 N–H and O–H groups in total. The molecule has 1 amide bonds. The van der Waals surface area contributed by atoms with Gasteiger partial charge in [-0.25, -0.2) is 4.39 Å². The van der Waals surface area contributed by atoms with E-state index < -0.39 is 40.1 Å². The predicted octanol–water partition coefficient (Wildman–Crippen LogP) is 5.84. The van der Waals surface area contributed by atoms with Crippen molar-refractivity contribution in [1.82, 2.24) is 10.2 Å². The van der Waals surface area contributed by atoms with Gasteiger partial charge in [-0.2, -0.15) is 13.2 Å². The lowest BCUT2D eigenvalue weighted by Gasteiger charge is -2.57. The molecule has 1 aliphatic carbocycles. The number of halogens is 5. The third-order valence-electron chi connectivity index (χ3n) is 6.81. The van der Waals surface area contributed by atoms with Crippen molar-refractivity contribution in [3.05, 3.63) is 70.0 Å². The Morgan fingerprint density at radius 2 is 1.87 bits per heavy atom. The van der Waals surface area contributed by atoms with Gasteiger partial charge in [-0.1, -0.05) is 29.8 Å². The van der Waals surface area contributed by atoms with Gasteiger partial charge in [-0.15, -0.1) is 0 Å². The second kappa shape index (κ2) is 8.10. The van der Waals surface area contributed by atoms with Crippen LogP contribution in [0, 0.1) is 11.7 Å². The fourth-order valence-corrected chi connectivity index (χ4v) is 5.49. The molecule has 0 radical (unpaired) electrons. The SMILES string of the molecule is CN1CC2CCC1(C(NC(=O)c1cccc(C(F)(F)F)c1Cl)c1cccc(F)c1)CC2. The molecule has 3 aliphatic rings. The minimum absolute atomic E-state index is 0.249. The lowest BCUT2D eigenvalue weighted by molar-refractivity contribution is -0.137. The molecule has 3 fully saturated rings. The zero-order valence-electron chi connectivity index (χ0n) is 17.0. The highest BCUT2D eigenvalue weighted by atomic mass is 35.5. The third kappa shape index (κ3) is 4.05. The molecule has 2 aliphatic heterocycles. The third-order valence-corrected chi connectivity index (χ3v) is 7.21. The number of carbonyl (C=O) groups excluding carboxylic acids is 1. The minimum Gasteiger partial charge on any atom is -0.343 e. The summed E-state index contributed by atoms with van der Waals surface area (Å²) in [4.78, 5) is 15.4. The van der Waals surface area contributed by atoms with Crippen molar-refractivity contribution in [3.63, 3.8) is 0 Å². The van der Waals surface area contributed by atoms with E-state index in [1.807, 2.05) is 7.05 Å². The van der Waals surface area contributed by atoms with Crippen molar-refractivity contribution in [3.8, 4) is 0 Å². The van der Waals surface area contributed by atoms with Crippen molar-refractivity contribution in [2.45, 2.75) is 43.4 Å². The van der Waals surface area contributed by atoms with Crippen LogP contribution in [0.15, 0.2) is 42.5 Å². The van der Waals surface area contributed by atoms with Crippen LogP contribution in [0.2, 0.25) is 5.02 Å². The largest absolute Gasteiger partial charge is 0.417 e. The Labute approximate surface area is 183 Å². The highest BCUT2D eigenvalue weighted by Gasteiger charge is 2.50. The fraction of sp³-hybridized carbons (Fsp3) is 0.435. The Kier molecular flexibility index (Phi) is 5.77. The molecule has 2 bridgehead atoms. The Morgan fingerprint density at radius 1 is 1.19 bits per heavy atom. The predicted molar refractivity (Wildman–Crippen MR) is 110 cm³/mol. The highest BCUT2D eigenvalue weighted by molar-refractivity contribution is 6.34. The summed E-state index contributed by atoms with van der Waals surface area (Å²) >= 11 is 5.98. The van der Waals surface area contributed by atoms with E-state index in [0.29, 0.717) is 11.5 Å². The summed E-state index contributed by atoms with van der Waals surface area (Å²) in [5, 5.41) is 2.28. The number of hydrogen-bond acceptors (Lipinski definition) is 2. The maximum absolute atomic E-state index is 14.1. The molecule has 1 atom stereocenters. The maximum atomic E-state index is 14.1. The van der Waals surface area contributed by atoms with Crippen molar-refractivity contribution < 1.29 is 22.4 Å². The number of nitrogens with one attached hydrogen (secondary N) is 1. The summed E-state index contributed by atoms with van der Waals surface area (Å²) in [7, 11) is 1.99. The second-order valence-corrected chi connectivity index (χ2v) is 8.93. The molecule has 166 valence electrons. The van der Waals surface area contributed by atoms with Gasteiger partial charge in [0.25, 0.3) is 5.91 Å². The number of hydrogen-bond donors (Lipinski definition) is 1. The Hall–Kier alpha value is -2.12. The van der Waals surface area contributed by atoms with Gasteiger partial charge in [-0.05, 0) is 68.5 Å². The Bertz CT molecular complexity index is 986. The van der Waals surface area contributed by atoms with Crippen LogP contribution in [0.3, 0.4) is 0 Å². The van der Waals surface area contributed by atoms with E-state index >= 15 is 0 Å². The summed E-state index contributed by atoms with van der Waals surface area (Å²) in [6.07, 6.45) is -1.05. The van der Waals surface area contributed by atoms with E-state index in [1.165, 1.54) is 18.2 Å². The Morgan fingerprint density at radius 3 is 2.48 bits per heavy atom. The molecular formula is C23H23ClF4N2O. The second-order valence-electron chi connectivity index (χ2n) is 8.55. The monoisotopic (exact) mass is 454 g/mol. The number of alkyl halides is 3.